The van der Waals surface area contributed by atoms with Crippen molar-refractivity contribution in [2.75, 3.05) is 7.05 Å². The van der Waals surface area contributed by atoms with Gasteiger partial charge in [-0.1, -0.05) is 22.4 Å². The molecule has 23 heavy (non-hydrogen) atoms. The van der Waals surface area contributed by atoms with E-state index in [4.69, 9.17) is 5.73 Å². The van der Waals surface area contributed by atoms with Crippen molar-refractivity contribution >= 4 is 32.7 Å². The number of carbonyl (C=O) groups is 1. The van der Waals surface area contributed by atoms with E-state index in [0.717, 1.165) is 28.2 Å². The Morgan fingerprint density at radius 1 is 1.26 bits per heavy atom. The molecule has 2 unspecified atom stereocenters. The van der Waals surface area contributed by atoms with Gasteiger partial charge in [0.1, 0.15) is 0 Å². The number of hydrogen-bond donors (Lipinski definition) is 1. The van der Waals surface area contributed by atoms with Crippen molar-refractivity contribution in [3.8, 4) is 0 Å². The second-order valence-corrected chi connectivity index (χ2v) is 7.76. The maximum atomic E-state index is 11.8. The molecule has 1 aromatic carbocycles. The molecule has 0 radical (unpaired) electrons. The smallest absolute Gasteiger partial charge is 0.269 e. The summed E-state index contributed by atoms with van der Waals surface area (Å²) >= 11 is 3.47. The highest BCUT2D eigenvalue weighted by molar-refractivity contribution is 9.10. The number of rotatable bonds is 2. The first-order valence-corrected chi connectivity index (χ1v) is 9.03. The number of nitrogens with zero attached hydrogens (tertiary/aromatic N) is 3. The molecule has 2 fully saturated rings. The quantitative estimate of drug-likeness (QED) is 0.875. The molecule has 0 saturated carbocycles. The van der Waals surface area contributed by atoms with Crippen molar-refractivity contribution in [2.45, 2.75) is 50.2 Å². The molecule has 5 nitrogen and oxygen atoms in total. The summed E-state index contributed by atoms with van der Waals surface area (Å²) in [4.78, 5) is 14.3. The fourth-order valence-electron chi connectivity index (χ4n) is 4.36. The summed E-state index contributed by atoms with van der Waals surface area (Å²) in [5.74, 6) is -0.458. The Morgan fingerprint density at radius 2 is 1.96 bits per heavy atom. The van der Waals surface area contributed by atoms with Gasteiger partial charge in [0.25, 0.3) is 5.91 Å². The van der Waals surface area contributed by atoms with Gasteiger partial charge in [0, 0.05) is 21.9 Å². The predicted molar refractivity (Wildman–Crippen MR) is 93.4 cm³/mol. The molecule has 3 heterocycles. The molecule has 1 aromatic heterocycles. The monoisotopic (exact) mass is 376 g/mol. The third-order valence-electron chi connectivity index (χ3n) is 5.56. The molecule has 2 N–H and O–H groups in total. The first-order chi connectivity index (χ1) is 11.0. The lowest BCUT2D eigenvalue weighted by Gasteiger charge is -2.47. The van der Waals surface area contributed by atoms with E-state index in [-0.39, 0.29) is 0 Å². The van der Waals surface area contributed by atoms with Gasteiger partial charge >= 0.3 is 0 Å². The summed E-state index contributed by atoms with van der Waals surface area (Å²) in [7, 11) is 2.25. The molecule has 122 valence electrons. The Kier molecular flexibility index (Phi) is 3.69. The highest BCUT2D eigenvalue weighted by atomic mass is 79.9. The second-order valence-electron chi connectivity index (χ2n) is 6.85. The summed E-state index contributed by atoms with van der Waals surface area (Å²) in [5.41, 5.74) is 6.94. The first kappa shape index (κ1) is 15.1. The Bertz CT molecular complexity index is 757. The number of primary amides is 1. The molecule has 1 amide bonds. The molecule has 4 rings (SSSR count). The third kappa shape index (κ3) is 2.48. The van der Waals surface area contributed by atoms with Gasteiger partial charge in [-0.25, -0.2) is 0 Å². The fourth-order valence-corrected chi connectivity index (χ4v) is 4.72. The van der Waals surface area contributed by atoms with E-state index in [1.54, 1.807) is 0 Å². The molecule has 2 aliphatic rings. The highest BCUT2D eigenvalue weighted by Crippen LogP contribution is 2.39. The van der Waals surface area contributed by atoms with Crippen LogP contribution in [0.25, 0.3) is 10.9 Å². The average Bonchev–Trinajstić information content (AvgIpc) is 2.85. The molecule has 2 saturated heterocycles. The van der Waals surface area contributed by atoms with E-state index in [1.165, 1.54) is 19.3 Å². The molecule has 2 bridgehead atoms. The van der Waals surface area contributed by atoms with Gasteiger partial charge in [-0.3, -0.25) is 9.48 Å². The molecule has 0 spiro atoms. The van der Waals surface area contributed by atoms with Crippen LogP contribution in [0.15, 0.2) is 22.7 Å². The first-order valence-electron chi connectivity index (χ1n) is 8.24. The summed E-state index contributed by atoms with van der Waals surface area (Å²) in [6.07, 6.45) is 6.04. The molecule has 2 aromatic rings. The SMILES string of the molecule is CN1C2CCCC1CC(n1nc(C(N)=O)c3cc(Br)ccc31)C2. The zero-order chi connectivity index (χ0) is 16.1. The second kappa shape index (κ2) is 5.60. The molecule has 2 atom stereocenters. The van der Waals surface area contributed by atoms with Crippen molar-refractivity contribution in [3.63, 3.8) is 0 Å². The third-order valence-corrected chi connectivity index (χ3v) is 6.06. The van der Waals surface area contributed by atoms with Gasteiger partial charge in [0.15, 0.2) is 5.69 Å². The van der Waals surface area contributed by atoms with E-state index in [0.29, 0.717) is 23.8 Å². The number of aromatic nitrogens is 2. The fraction of sp³-hybridized carbons (Fsp3) is 0.529. The Hall–Kier alpha value is -1.40. The van der Waals surface area contributed by atoms with Crippen molar-refractivity contribution in [2.24, 2.45) is 5.73 Å². The Labute approximate surface area is 143 Å². The minimum atomic E-state index is -0.458. The van der Waals surface area contributed by atoms with Crippen molar-refractivity contribution in [3.05, 3.63) is 28.4 Å². The standard InChI is InChI=1S/C17H21BrN4O/c1-21-11-3-2-4-12(21)9-13(8-11)22-15-6-5-10(18)7-14(15)16(20-22)17(19)23/h5-7,11-13H,2-4,8-9H2,1H3,(H2,19,23). The number of amides is 1. The van der Waals surface area contributed by atoms with Gasteiger partial charge in [-0.15, -0.1) is 0 Å². The van der Waals surface area contributed by atoms with E-state index >= 15 is 0 Å². The van der Waals surface area contributed by atoms with E-state index in [9.17, 15) is 4.79 Å². The summed E-state index contributed by atoms with van der Waals surface area (Å²) in [5, 5.41) is 5.45. The van der Waals surface area contributed by atoms with Crippen LogP contribution in [0.1, 0.15) is 48.6 Å². The van der Waals surface area contributed by atoms with Gasteiger partial charge in [0.05, 0.1) is 11.6 Å². The number of nitrogens with two attached hydrogens (primary N) is 1. The van der Waals surface area contributed by atoms with Crippen molar-refractivity contribution in [1.82, 2.24) is 14.7 Å². The van der Waals surface area contributed by atoms with Crippen LogP contribution in [0.3, 0.4) is 0 Å². The maximum absolute atomic E-state index is 11.8. The topological polar surface area (TPSA) is 64.2 Å². The van der Waals surface area contributed by atoms with Crippen LogP contribution in [0.5, 0.6) is 0 Å². The normalized spacial score (nSPS) is 28.2. The van der Waals surface area contributed by atoms with Gasteiger partial charge in [-0.2, -0.15) is 5.10 Å². The average molecular weight is 377 g/mol. The number of piperidine rings is 2. The summed E-state index contributed by atoms with van der Waals surface area (Å²) in [6, 6.07) is 7.57. The van der Waals surface area contributed by atoms with Crippen molar-refractivity contribution in [1.29, 1.82) is 0 Å². The van der Waals surface area contributed by atoms with E-state index in [1.807, 2.05) is 18.2 Å². The number of halogens is 1. The Morgan fingerprint density at radius 3 is 2.61 bits per heavy atom. The highest BCUT2D eigenvalue weighted by Gasteiger charge is 2.37. The summed E-state index contributed by atoms with van der Waals surface area (Å²) in [6.45, 7) is 0. The van der Waals surface area contributed by atoms with Crippen LogP contribution in [-0.4, -0.2) is 39.7 Å². The van der Waals surface area contributed by atoms with Crippen LogP contribution in [0, 0.1) is 0 Å². The molecular formula is C17H21BrN4O. The van der Waals surface area contributed by atoms with Gasteiger partial charge in [0.2, 0.25) is 0 Å². The van der Waals surface area contributed by atoms with E-state index in [2.05, 4.69) is 37.7 Å². The lowest BCUT2D eigenvalue weighted by Crippen LogP contribution is -2.50. The number of fused-ring (bicyclic) bond motifs is 3. The zero-order valence-corrected chi connectivity index (χ0v) is 14.8. The predicted octanol–water partition coefficient (Wildman–Crippen LogP) is 3.09. The van der Waals surface area contributed by atoms with Crippen molar-refractivity contribution < 1.29 is 4.79 Å². The summed E-state index contributed by atoms with van der Waals surface area (Å²) < 4.78 is 2.99. The van der Waals surface area contributed by atoms with Gasteiger partial charge in [-0.05, 0) is 50.9 Å². The molecular weight excluding hydrogens is 356 g/mol. The lowest BCUT2D eigenvalue weighted by molar-refractivity contribution is 0.0379. The van der Waals surface area contributed by atoms with E-state index < -0.39 is 5.91 Å². The number of carbonyl (C=O) groups excluding carboxylic acids is 1. The molecule has 2 aliphatic heterocycles. The molecule has 0 aliphatic carbocycles. The van der Waals surface area contributed by atoms with Gasteiger partial charge < -0.3 is 10.6 Å². The van der Waals surface area contributed by atoms with Crippen LogP contribution in [-0.2, 0) is 0 Å². The number of hydrogen-bond acceptors (Lipinski definition) is 3. The van der Waals surface area contributed by atoms with Crippen LogP contribution < -0.4 is 5.73 Å². The largest absolute Gasteiger partial charge is 0.364 e. The Balaban J connectivity index is 1.79. The minimum Gasteiger partial charge on any atom is -0.364 e. The maximum Gasteiger partial charge on any atom is 0.269 e. The number of benzene rings is 1. The zero-order valence-electron chi connectivity index (χ0n) is 13.2. The van der Waals surface area contributed by atoms with Crippen LogP contribution in [0.2, 0.25) is 0 Å². The van der Waals surface area contributed by atoms with Crippen LogP contribution in [0.4, 0.5) is 0 Å². The lowest BCUT2D eigenvalue weighted by atomic mass is 9.82. The van der Waals surface area contributed by atoms with Crippen LogP contribution >= 0.6 is 15.9 Å². The minimum absolute atomic E-state index is 0.346. The molecule has 6 heteroatoms.